The van der Waals surface area contributed by atoms with E-state index in [9.17, 15) is 0 Å². The van der Waals surface area contributed by atoms with E-state index in [1.165, 1.54) is 5.56 Å². The second-order valence-corrected chi connectivity index (χ2v) is 6.07. The van der Waals surface area contributed by atoms with Crippen molar-refractivity contribution in [3.8, 4) is 0 Å². The first-order chi connectivity index (χ1) is 10.6. The average molecular weight is 304 g/mol. The third kappa shape index (κ3) is 6.94. The van der Waals surface area contributed by atoms with Crippen molar-refractivity contribution >= 4 is 5.96 Å². The molecule has 0 amide bonds. The van der Waals surface area contributed by atoms with Gasteiger partial charge in [0, 0.05) is 19.1 Å². The maximum Gasteiger partial charge on any atom is 0.188 e. The van der Waals surface area contributed by atoms with Gasteiger partial charge in [-0.1, -0.05) is 58.0 Å². The molecular formula is C18H32N4. The molecule has 4 nitrogen and oxygen atoms in total. The summed E-state index contributed by atoms with van der Waals surface area (Å²) >= 11 is 0. The van der Waals surface area contributed by atoms with Crippen LogP contribution in [0.25, 0.3) is 0 Å². The maximum atomic E-state index is 5.97. The Morgan fingerprint density at radius 2 is 1.82 bits per heavy atom. The van der Waals surface area contributed by atoms with E-state index >= 15 is 0 Å². The third-order valence-corrected chi connectivity index (χ3v) is 3.79. The SMILES string of the molecule is CCN(CC)C(CNC(N)=NCC(C)C)Cc1ccccc1. The highest BCUT2D eigenvalue weighted by Gasteiger charge is 2.16. The summed E-state index contributed by atoms with van der Waals surface area (Å²) in [6.45, 7) is 12.4. The van der Waals surface area contributed by atoms with Crippen LogP contribution in [0, 0.1) is 5.92 Å². The van der Waals surface area contributed by atoms with Crippen molar-refractivity contribution < 1.29 is 0 Å². The summed E-state index contributed by atoms with van der Waals surface area (Å²) in [7, 11) is 0. The Balaban J connectivity index is 2.64. The number of nitrogens with zero attached hydrogens (tertiary/aromatic N) is 2. The highest BCUT2D eigenvalue weighted by Crippen LogP contribution is 2.08. The Bertz CT molecular complexity index is 424. The Labute approximate surface area is 135 Å². The molecule has 0 heterocycles. The van der Waals surface area contributed by atoms with E-state index in [1.807, 2.05) is 0 Å². The van der Waals surface area contributed by atoms with Crippen LogP contribution in [-0.2, 0) is 6.42 Å². The van der Waals surface area contributed by atoms with Crippen LogP contribution in [0.15, 0.2) is 35.3 Å². The number of rotatable bonds is 9. The molecule has 0 fully saturated rings. The summed E-state index contributed by atoms with van der Waals surface area (Å²) < 4.78 is 0. The smallest absolute Gasteiger partial charge is 0.188 e. The summed E-state index contributed by atoms with van der Waals surface area (Å²) in [5, 5.41) is 3.29. The molecular weight excluding hydrogens is 272 g/mol. The van der Waals surface area contributed by atoms with E-state index < -0.39 is 0 Å². The van der Waals surface area contributed by atoms with Gasteiger partial charge in [-0.15, -0.1) is 0 Å². The van der Waals surface area contributed by atoms with Crippen LogP contribution < -0.4 is 11.1 Å². The zero-order valence-electron chi connectivity index (χ0n) is 14.5. The molecule has 1 unspecified atom stereocenters. The lowest BCUT2D eigenvalue weighted by Crippen LogP contribution is -2.47. The molecule has 1 aromatic rings. The lowest BCUT2D eigenvalue weighted by Gasteiger charge is -2.30. The average Bonchev–Trinajstić information content (AvgIpc) is 2.52. The zero-order valence-corrected chi connectivity index (χ0v) is 14.5. The molecule has 124 valence electrons. The van der Waals surface area contributed by atoms with Crippen LogP contribution >= 0.6 is 0 Å². The van der Waals surface area contributed by atoms with Crippen molar-refractivity contribution in [1.29, 1.82) is 0 Å². The topological polar surface area (TPSA) is 53.6 Å². The van der Waals surface area contributed by atoms with E-state index in [0.29, 0.717) is 17.9 Å². The molecule has 3 N–H and O–H groups in total. The molecule has 0 saturated carbocycles. The van der Waals surface area contributed by atoms with Crippen LogP contribution in [0.3, 0.4) is 0 Å². The number of hydrogen-bond donors (Lipinski definition) is 2. The molecule has 0 aromatic heterocycles. The van der Waals surface area contributed by atoms with Gasteiger partial charge in [0.2, 0.25) is 0 Å². The fourth-order valence-electron chi connectivity index (χ4n) is 2.52. The van der Waals surface area contributed by atoms with Crippen molar-refractivity contribution in [3.63, 3.8) is 0 Å². The summed E-state index contributed by atoms with van der Waals surface area (Å²) in [6, 6.07) is 11.1. The fourth-order valence-corrected chi connectivity index (χ4v) is 2.52. The number of aliphatic imine (C=N–C) groups is 1. The molecule has 22 heavy (non-hydrogen) atoms. The molecule has 4 heteroatoms. The van der Waals surface area contributed by atoms with Gasteiger partial charge >= 0.3 is 0 Å². The molecule has 1 aromatic carbocycles. The second kappa shape index (κ2) is 10.2. The van der Waals surface area contributed by atoms with Gasteiger partial charge in [-0.05, 0) is 31.0 Å². The van der Waals surface area contributed by atoms with Crippen LogP contribution in [0.1, 0.15) is 33.3 Å². The lowest BCUT2D eigenvalue weighted by atomic mass is 10.0. The monoisotopic (exact) mass is 304 g/mol. The van der Waals surface area contributed by atoms with E-state index in [0.717, 1.165) is 32.6 Å². The Morgan fingerprint density at radius 3 is 2.36 bits per heavy atom. The largest absolute Gasteiger partial charge is 0.370 e. The molecule has 1 atom stereocenters. The van der Waals surface area contributed by atoms with Crippen molar-refractivity contribution in [1.82, 2.24) is 10.2 Å². The van der Waals surface area contributed by atoms with Gasteiger partial charge in [0.25, 0.3) is 0 Å². The van der Waals surface area contributed by atoms with Crippen molar-refractivity contribution in [2.45, 2.75) is 40.2 Å². The molecule has 0 spiro atoms. The molecule has 0 aliphatic heterocycles. The highest BCUT2D eigenvalue weighted by atomic mass is 15.2. The molecule has 0 bridgehead atoms. The number of hydrogen-bond acceptors (Lipinski definition) is 2. The predicted molar refractivity (Wildman–Crippen MR) is 96.2 cm³/mol. The third-order valence-electron chi connectivity index (χ3n) is 3.79. The first-order valence-electron chi connectivity index (χ1n) is 8.38. The van der Waals surface area contributed by atoms with E-state index in [1.54, 1.807) is 0 Å². The minimum absolute atomic E-state index is 0.421. The molecule has 0 saturated heterocycles. The van der Waals surface area contributed by atoms with Crippen LogP contribution in [-0.4, -0.2) is 43.1 Å². The van der Waals surface area contributed by atoms with Crippen LogP contribution in [0.4, 0.5) is 0 Å². The van der Waals surface area contributed by atoms with Gasteiger partial charge < -0.3 is 11.1 Å². The molecule has 0 aliphatic carbocycles. The van der Waals surface area contributed by atoms with Gasteiger partial charge in [-0.3, -0.25) is 9.89 Å². The number of nitrogens with two attached hydrogens (primary N) is 1. The molecule has 0 aliphatic rings. The van der Waals surface area contributed by atoms with Crippen molar-refractivity contribution in [2.75, 3.05) is 26.2 Å². The molecule has 0 radical (unpaired) electrons. The van der Waals surface area contributed by atoms with Gasteiger partial charge in [-0.2, -0.15) is 0 Å². The Morgan fingerprint density at radius 1 is 1.18 bits per heavy atom. The van der Waals surface area contributed by atoms with Gasteiger partial charge in [0.15, 0.2) is 5.96 Å². The lowest BCUT2D eigenvalue weighted by molar-refractivity contribution is 0.215. The Kier molecular flexibility index (Phi) is 8.60. The minimum atomic E-state index is 0.421. The van der Waals surface area contributed by atoms with Crippen molar-refractivity contribution in [3.05, 3.63) is 35.9 Å². The molecule has 1 rings (SSSR count). The number of nitrogens with one attached hydrogen (secondary N) is 1. The van der Waals surface area contributed by atoms with E-state index in [-0.39, 0.29) is 0 Å². The highest BCUT2D eigenvalue weighted by molar-refractivity contribution is 5.77. The maximum absolute atomic E-state index is 5.97. The fraction of sp³-hybridized carbons (Fsp3) is 0.611. The first kappa shape index (κ1) is 18.5. The summed E-state index contributed by atoms with van der Waals surface area (Å²) in [5.41, 5.74) is 7.33. The Hall–Kier alpha value is -1.55. The van der Waals surface area contributed by atoms with Crippen molar-refractivity contribution in [2.24, 2.45) is 16.6 Å². The standard InChI is InChI=1S/C18H32N4/c1-5-22(6-2)17(12-16-10-8-7-9-11-16)14-21-18(19)20-13-15(3)4/h7-11,15,17H,5-6,12-14H2,1-4H3,(H3,19,20,21). The van der Waals surface area contributed by atoms with E-state index in [4.69, 9.17) is 5.73 Å². The van der Waals surface area contributed by atoms with E-state index in [2.05, 4.69) is 73.2 Å². The number of guanidine groups is 1. The number of benzene rings is 1. The number of likely N-dealkylation sites (N-methyl/N-ethyl adjacent to an activating group) is 1. The predicted octanol–water partition coefficient (Wildman–Crippen LogP) is 2.50. The summed E-state index contributed by atoms with van der Waals surface area (Å²) in [6.07, 6.45) is 1.02. The van der Waals surface area contributed by atoms with Crippen LogP contribution in [0.2, 0.25) is 0 Å². The summed E-state index contributed by atoms with van der Waals surface area (Å²) in [5.74, 6) is 1.09. The summed E-state index contributed by atoms with van der Waals surface area (Å²) in [4.78, 5) is 6.85. The van der Waals surface area contributed by atoms with Gasteiger partial charge in [-0.25, -0.2) is 0 Å². The normalized spacial score (nSPS) is 13.6. The zero-order chi connectivity index (χ0) is 16.4. The second-order valence-electron chi connectivity index (χ2n) is 6.07. The van der Waals surface area contributed by atoms with Gasteiger partial charge in [0.05, 0.1) is 0 Å². The minimum Gasteiger partial charge on any atom is -0.370 e. The quantitative estimate of drug-likeness (QED) is 0.544. The first-order valence-corrected chi connectivity index (χ1v) is 8.38. The van der Waals surface area contributed by atoms with Crippen LogP contribution in [0.5, 0.6) is 0 Å². The van der Waals surface area contributed by atoms with Gasteiger partial charge in [0.1, 0.15) is 0 Å².